The van der Waals surface area contributed by atoms with Gasteiger partial charge in [0, 0.05) is 36.5 Å². The van der Waals surface area contributed by atoms with Crippen LogP contribution in [0.25, 0.3) is 11.3 Å². The predicted octanol–water partition coefficient (Wildman–Crippen LogP) is 2.79. The van der Waals surface area contributed by atoms with Gasteiger partial charge in [0.1, 0.15) is 5.82 Å². The molecule has 5 nitrogen and oxygen atoms in total. The van der Waals surface area contributed by atoms with Crippen LogP contribution in [0, 0.1) is 12.8 Å². The molecular formula is C17H21N3O2. The summed E-state index contributed by atoms with van der Waals surface area (Å²) in [6.45, 7) is 5.58. The van der Waals surface area contributed by atoms with Gasteiger partial charge in [-0.05, 0) is 25.0 Å². The summed E-state index contributed by atoms with van der Waals surface area (Å²) in [6, 6.07) is 4.10. The van der Waals surface area contributed by atoms with E-state index in [1.54, 1.807) is 12.4 Å². The fourth-order valence-electron chi connectivity index (χ4n) is 2.36. The Hall–Kier alpha value is -1.85. The number of aromatic nitrogens is 3. The Balaban J connectivity index is 1.56. The van der Waals surface area contributed by atoms with E-state index in [1.807, 2.05) is 19.2 Å². The highest BCUT2D eigenvalue weighted by molar-refractivity contribution is 5.56. The molecule has 0 unspecified atom stereocenters. The number of aryl methyl sites for hydroxylation is 2. The average molecular weight is 299 g/mol. The summed E-state index contributed by atoms with van der Waals surface area (Å²) in [5.41, 5.74) is 3.01. The first kappa shape index (κ1) is 15.1. The fraction of sp³-hybridized carbons (Fsp3) is 0.471. The molecule has 0 bridgehead atoms. The topological polar surface area (TPSA) is 57.1 Å². The molecule has 2 aromatic rings. The molecule has 5 heteroatoms. The third-order valence-corrected chi connectivity index (χ3v) is 3.70. The number of hydrogen-bond donors (Lipinski definition) is 0. The summed E-state index contributed by atoms with van der Waals surface area (Å²) >= 11 is 0. The number of nitrogens with zero attached hydrogens (tertiary/aromatic N) is 3. The van der Waals surface area contributed by atoms with Crippen LogP contribution in [-0.2, 0) is 15.9 Å². The highest BCUT2D eigenvalue weighted by Crippen LogP contribution is 2.18. The van der Waals surface area contributed by atoms with Gasteiger partial charge in [-0.15, -0.1) is 0 Å². The van der Waals surface area contributed by atoms with E-state index in [0.717, 1.165) is 43.1 Å². The van der Waals surface area contributed by atoms with Gasteiger partial charge in [0.15, 0.2) is 6.29 Å². The van der Waals surface area contributed by atoms with Crippen molar-refractivity contribution in [3.05, 3.63) is 42.1 Å². The first-order valence-electron chi connectivity index (χ1n) is 7.68. The molecule has 1 saturated heterocycles. The summed E-state index contributed by atoms with van der Waals surface area (Å²) in [5.74, 6) is 1.26. The van der Waals surface area contributed by atoms with Gasteiger partial charge in [-0.1, -0.05) is 13.0 Å². The van der Waals surface area contributed by atoms with Crippen molar-refractivity contribution in [3.63, 3.8) is 0 Å². The maximum absolute atomic E-state index is 5.66. The van der Waals surface area contributed by atoms with Crippen LogP contribution in [0.3, 0.4) is 0 Å². The summed E-state index contributed by atoms with van der Waals surface area (Å²) in [4.78, 5) is 12.9. The van der Waals surface area contributed by atoms with Crippen LogP contribution in [0.1, 0.15) is 24.7 Å². The predicted molar refractivity (Wildman–Crippen MR) is 83.2 cm³/mol. The van der Waals surface area contributed by atoms with Crippen molar-refractivity contribution in [3.8, 4) is 11.3 Å². The maximum Gasteiger partial charge on any atom is 0.157 e. The van der Waals surface area contributed by atoms with Crippen molar-refractivity contribution >= 4 is 0 Å². The zero-order valence-corrected chi connectivity index (χ0v) is 13.0. The molecule has 22 heavy (non-hydrogen) atoms. The molecule has 0 aromatic carbocycles. The lowest BCUT2D eigenvalue weighted by Gasteiger charge is -2.27. The summed E-state index contributed by atoms with van der Waals surface area (Å²) < 4.78 is 11.3. The van der Waals surface area contributed by atoms with Crippen molar-refractivity contribution < 1.29 is 9.47 Å². The second-order valence-corrected chi connectivity index (χ2v) is 5.81. The van der Waals surface area contributed by atoms with Gasteiger partial charge in [-0.25, -0.2) is 9.97 Å². The smallest absolute Gasteiger partial charge is 0.157 e. The Kier molecular flexibility index (Phi) is 4.75. The average Bonchev–Trinajstić information content (AvgIpc) is 2.56. The van der Waals surface area contributed by atoms with E-state index < -0.39 is 0 Å². The van der Waals surface area contributed by atoms with E-state index in [9.17, 15) is 0 Å². The van der Waals surface area contributed by atoms with Crippen molar-refractivity contribution in [2.45, 2.75) is 33.0 Å². The first-order valence-corrected chi connectivity index (χ1v) is 7.68. The SMILES string of the molecule is Cc1ncc(-c2ccc(CCC3OCC(C)CO3)cn2)cn1. The van der Waals surface area contributed by atoms with Crippen LogP contribution in [0.15, 0.2) is 30.7 Å². The monoisotopic (exact) mass is 299 g/mol. The molecule has 116 valence electrons. The van der Waals surface area contributed by atoms with Crippen LogP contribution in [0.2, 0.25) is 0 Å². The van der Waals surface area contributed by atoms with E-state index in [1.165, 1.54) is 5.56 Å². The molecule has 1 aliphatic rings. The normalized spacial score (nSPS) is 21.7. The first-order chi connectivity index (χ1) is 10.7. The summed E-state index contributed by atoms with van der Waals surface area (Å²) in [5, 5.41) is 0. The molecule has 0 radical (unpaired) electrons. The molecule has 0 aliphatic carbocycles. The zero-order valence-electron chi connectivity index (χ0n) is 13.0. The van der Waals surface area contributed by atoms with Gasteiger partial charge in [0.2, 0.25) is 0 Å². The van der Waals surface area contributed by atoms with E-state index >= 15 is 0 Å². The standard InChI is InChI=1S/C17H21N3O2/c1-12-10-21-17(22-11-12)6-4-14-3-5-16(20-7-14)15-8-18-13(2)19-9-15/h3,5,7-9,12,17H,4,6,10-11H2,1-2H3. The molecule has 1 fully saturated rings. The second-order valence-electron chi connectivity index (χ2n) is 5.81. The minimum Gasteiger partial charge on any atom is -0.352 e. The number of rotatable bonds is 4. The molecule has 0 saturated carbocycles. The lowest BCUT2D eigenvalue weighted by atomic mass is 10.1. The molecule has 0 atom stereocenters. The van der Waals surface area contributed by atoms with Gasteiger partial charge in [-0.2, -0.15) is 0 Å². The Morgan fingerprint density at radius 2 is 1.77 bits per heavy atom. The summed E-state index contributed by atoms with van der Waals surface area (Å²) in [7, 11) is 0. The Morgan fingerprint density at radius 3 is 2.41 bits per heavy atom. The van der Waals surface area contributed by atoms with E-state index in [2.05, 4.69) is 27.9 Å². The van der Waals surface area contributed by atoms with E-state index in [0.29, 0.717) is 5.92 Å². The minimum atomic E-state index is -0.0821. The van der Waals surface area contributed by atoms with E-state index in [4.69, 9.17) is 9.47 Å². The minimum absolute atomic E-state index is 0.0821. The van der Waals surface area contributed by atoms with Gasteiger partial charge < -0.3 is 9.47 Å². The van der Waals surface area contributed by atoms with E-state index in [-0.39, 0.29) is 6.29 Å². The van der Waals surface area contributed by atoms with Crippen LogP contribution in [0.5, 0.6) is 0 Å². The number of hydrogen-bond acceptors (Lipinski definition) is 5. The zero-order chi connectivity index (χ0) is 15.4. The molecule has 2 aromatic heterocycles. The van der Waals surface area contributed by atoms with Crippen molar-refractivity contribution in [2.75, 3.05) is 13.2 Å². The lowest BCUT2D eigenvalue weighted by molar-refractivity contribution is -0.199. The molecule has 0 N–H and O–H groups in total. The summed E-state index contributed by atoms with van der Waals surface area (Å²) in [6.07, 6.45) is 7.18. The molecule has 3 rings (SSSR count). The molecule has 0 amide bonds. The largest absolute Gasteiger partial charge is 0.352 e. The Labute approximate surface area is 130 Å². The highest BCUT2D eigenvalue weighted by Gasteiger charge is 2.18. The quantitative estimate of drug-likeness (QED) is 0.869. The van der Waals surface area contributed by atoms with Gasteiger partial charge in [-0.3, -0.25) is 4.98 Å². The van der Waals surface area contributed by atoms with Crippen molar-refractivity contribution in [1.82, 2.24) is 15.0 Å². The third kappa shape index (κ3) is 3.87. The third-order valence-electron chi connectivity index (χ3n) is 3.70. The second kappa shape index (κ2) is 6.94. The van der Waals surface area contributed by atoms with Crippen LogP contribution >= 0.6 is 0 Å². The maximum atomic E-state index is 5.66. The fourth-order valence-corrected chi connectivity index (χ4v) is 2.36. The Morgan fingerprint density at radius 1 is 1.05 bits per heavy atom. The van der Waals surface area contributed by atoms with Crippen LogP contribution in [0.4, 0.5) is 0 Å². The van der Waals surface area contributed by atoms with Gasteiger partial charge in [0.25, 0.3) is 0 Å². The van der Waals surface area contributed by atoms with Crippen LogP contribution < -0.4 is 0 Å². The van der Waals surface area contributed by atoms with Crippen molar-refractivity contribution in [2.24, 2.45) is 5.92 Å². The van der Waals surface area contributed by atoms with Crippen molar-refractivity contribution in [1.29, 1.82) is 0 Å². The van der Waals surface area contributed by atoms with Gasteiger partial charge >= 0.3 is 0 Å². The molecule has 3 heterocycles. The van der Waals surface area contributed by atoms with Gasteiger partial charge in [0.05, 0.1) is 18.9 Å². The van der Waals surface area contributed by atoms with Crippen LogP contribution in [-0.4, -0.2) is 34.5 Å². The molecule has 0 spiro atoms. The molecular weight excluding hydrogens is 278 g/mol. The highest BCUT2D eigenvalue weighted by atomic mass is 16.7. The number of ether oxygens (including phenoxy) is 2. The lowest BCUT2D eigenvalue weighted by Crippen LogP contribution is -2.30. The number of pyridine rings is 1. The molecule has 1 aliphatic heterocycles. The Bertz CT molecular complexity index is 590.